The van der Waals surface area contributed by atoms with Gasteiger partial charge in [-0.3, -0.25) is 0 Å². The number of benzene rings is 2. The van der Waals surface area contributed by atoms with Gasteiger partial charge in [0, 0.05) is 6.42 Å². The van der Waals surface area contributed by atoms with E-state index in [0.717, 1.165) is 24.3 Å². The summed E-state index contributed by atoms with van der Waals surface area (Å²) in [6.07, 6.45) is -5.98. The molecule has 0 fully saturated rings. The Labute approximate surface area is 163 Å². The zero-order valence-corrected chi connectivity index (χ0v) is 16.4. The van der Waals surface area contributed by atoms with Gasteiger partial charge in [0.05, 0.1) is 10.5 Å². The molecule has 2 rings (SSSR count). The molecule has 0 radical (unpaired) electrons. The van der Waals surface area contributed by atoms with Crippen molar-refractivity contribution in [2.24, 2.45) is 4.40 Å². The fraction of sp³-hybridized carbons (Fsp3) is 0.350. The van der Waals surface area contributed by atoms with E-state index in [0.29, 0.717) is 0 Å². The third kappa shape index (κ3) is 5.05. The summed E-state index contributed by atoms with van der Waals surface area (Å²) in [4.78, 5) is 0. The molecule has 2 aromatic rings. The van der Waals surface area contributed by atoms with E-state index in [1.165, 1.54) is 30.3 Å². The summed E-state index contributed by atoms with van der Waals surface area (Å²) in [5.74, 6) is -0.575. The first-order valence-corrected chi connectivity index (χ1v) is 9.55. The summed E-state index contributed by atoms with van der Waals surface area (Å²) in [5, 5.41) is 10.6. The van der Waals surface area contributed by atoms with Crippen LogP contribution in [-0.2, 0) is 16.6 Å². The van der Waals surface area contributed by atoms with E-state index < -0.39 is 39.7 Å². The van der Waals surface area contributed by atoms with E-state index in [9.17, 15) is 26.9 Å². The second kappa shape index (κ2) is 8.13. The molecule has 0 saturated carbocycles. The number of nitrogens with zero attached hydrogens (tertiary/aromatic N) is 1. The smallest absolute Gasteiger partial charge is 0.376 e. The summed E-state index contributed by atoms with van der Waals surface area (Å²) in [7, 11) is -1.88. The summed E-state index contributed by atoms with van der Waals surface area (Å²) < 4.78 is 70.5. The fourth-order valence-electron chi connectivity index (χ4n) is 2.39. The fourth-order valence-corrected chi connectivity index (χ4v) is 3.03. The third-order valence-corrected chi connectivity index (χ3v) is 5.47. The van der Waals surface area contributed by atoms with Gasteiger partial charge in [-0.15, -0.1) is 0 Å². The Kier molecular flexibility index (Phi) is 6.45. The van der Waals surface area contributed by atoms with Gasteiger partial charge >= 0.3 is 6.18 Å². The minimum Gasteiger partial charge on any atom is -0.376 e. The number of alkyl halides is 3. The third-order valence-electron chi connectivity index (χ3n) is 4.04. The highest BCUT2D eigenvalue weighted by Crippen LogP contribution is 2.42. The zero-order valence-electron chi connectivity index (χ0n) is 15.6. The van der Waals surface area contributed by atoms with Crippen molar-refractivity contribution in [2.75, 3.05) is 0 Å². The molecule has 0 aliphatic rings. The second-order valence-electron chi connectivity index (χ2n) is 7.31. The van der Waals surface area contributed by atoms with Gasteiger partial charge < -0.3 is 5.11 Å². The average molecular weight is 415 g/mol. The molecular formula is C20H21F4NO2S. The molecule has 0 bridgehead atoms. The number of rotatable bonds is 5. The van der Waals surface area contributed by atoms with Crippen molar-refractivity contribution >= 4 is 16.7 Å². The van der Waals surface area contributed by atoms with Crippen LogP contribution in [-0.4, -0.2) is 26.0 Å². The van der Waals surface area contributed by atoms with Crippen molar-refractivity contribution in [3.63, 3.8) is 0 Å². The van der Waals surface area contributed by atoms with Crippen molar-refractivity contribution in [1.82, 2.24) is 0 Å². The van der Waals surface area contributed by atoms with E-state index >= 15 is 0 Å². The topological polar surface area (TPSA) is 49.7 Å². The summed E-state index contributed by atoms with van der Waals surface area (Å²) in [5.41, 5.74) is -3.68. The second-order valence-corrected chi connectivity index (χ2v) is 9.21. The van der Waals surface area contributed by atoms with Gasteiger partial charge in [-0.1, -0.05) is 42.5 Å². The normalized spacial score (nSPS) is 16.5. The SMILES string of the molecule is CC(C)(C)S(=O)/N=C(/C[C@](O)(c1ccccc1)C(F)(F)F)c1ccc(F)cc1. The van der Waals surface area contributed by atoms with Crippen molar-refractivity contribution in [1.29, 1.82) is 0 Å². The lowest BCUT2D eigenvalue weighted by atomic mass is 9.86. The van der Waals surface area contributed by atoms with Gasteiger partial charge in [0.1, 0.15) is 16.8 Å². The highest BCUT2D eigenvalue weighted by atomic mass is 32.2. The first kappa shape index (κ1) is 22.2. The van der Waals surface area contributed by atoms with E-state index in [-0.39, 0.29) is 16.8 Å². The standard InChI is InChI=1S/C20H21F4NO2S/c1-18(2,3)28(27)25-17(14-9-11-16(21)12-10-14)13-19(26,20(22,23)24)15-7-5-4-6-8-15/h4-12,26H,13H2,1-3H3/b25-17-/t19-,28?/m0/s1. The van der Waals surface area contributed by atoms with Crippen LogP contribution in [0, 0.1) is 5.82 Å². The molecule has 0 heterocycles. The Morgan fingerprint density at radius 3 is 2.00 bits per heavy atom. The van der Waals surface area contributed by atoms with Crippen molar-refractivity contribution < 1.29 is 26.9 Å². The highest BCUT2D eigenvalue weighted by Gasteiger charge is 2.55. The number of hydrogen-bond donors (Lipinski definition) is 1. The van der Waals surface area contributed by atoms with Gasteiger partial charge in [-0.05, 0) is 44.0 Å². The molecule has 8 heteroatoms. The molecule has 0 aromatic heterocycles. The Hall–Kier alpha value is -2.06. The molecule has 0 saturated heterocycles. The maximum atomic E-state index is 13.9. The average Bonchev–Trinajstić information content (AvgIpc) is 2.60. The molecular weight excluding hydrogens is 394 g/mol. The van der Waals surface area contributed by atoms with E-state index in [1.54, 1.807) is 20.8 Å². The summed E-state index contributed by atoms with van der Waals surface area (Å²) >= 11 is 0. The summed E-state index contributed by atoms with van der Waals surface area (Å²) in [6, 6.07) is 11.3. The lowest BCUT2D eigenvalue weighted by Gasteiger charge is -2.31. The van der Waals surface area contributed by atoms with Crippen LogP contribution in [0.5, 0.6) is 0 Å². The molecule has 0 aliphatic heterocycles. The largest absolute Gasteiger partial charge is 0.421 e. The quantitative estimate of drug-likeness (QED) is 0.557. The van der Waals surface area contributed by atoms with Gasteiger partial charge in [0.15, 0.2) is 5.60 Å². The minimum atomic E-state index is -5.02. The van der Waals surface area contributed by atoms with Gasteiger partial charge in [-0.2, -0.15) is 17.6 Å². The molecule has 2 aromatic carbocycles. The Morgan fingerprint density at radius 2 is 1.54 bits per heavy atom. The Bertz CT molecular complexity index is 859. The monoisotopic (exact) mass is 415 g/mol. The summed E-state index contributed by atoms with van der Waals surface area (Å²) in [6.45, 7) is 4.88. The Morgan fingerprint density at radius 1 is 1.00 bits per heavy atom. The van der Waals surface area contributed by atoms with Crippen LogP contribution in [0.25, 0.3) is 0 Å². The molecule has 0 spiro atoms. The van der Waals surface area contributed by atoms with Crippen LogP contribution < -0.4 is 0 Å². The van der Waals surface area contributed by atoms with Crippen molar-refractivity contribution in [3.8, 4) is 0 Å². The van der Waals surface area contributed by atoms with Crippen LogP contribution >= 0.6 is 0 Å². The van der Waals surface area contributed by atoms with Crippen LogP contribution in [0.2, 0.25) is 0 Å². The molecule has 0 aliphatic carbocycles. The number of aliphatic hydroxyl groups is 1. The number of halogens is 4. The van der Waals surface area contributed by atoms with Crippen LogP contribution in [0.15, 0.2) is 59.0 Å². The lowest BCUT2D eigenvalue weighted by Crippen LogP contribution is -2.44. The van der Waals surface area contributed by atoms with Crippen molar-refractivity contribution in [3.05, 3.63) is 71.5 Å². The zero-order chi connectivity index (χ0) is 21.2. The predicted molar refractivity (Wildman–Crippen MR) is 102 cm³/mol. The maximum Gasteiger partial charge on any atom is 0.421 e. The lowest BCUT2D eigenvalue weighted by molar-refractivity contribution is -0.263. The molecule has 28 heavy (non-hydrogen) atoms. The predicted octanol–water partition coefficient (Wildman–Crippen LogP) is 4.92. The number of hydrogen-bond acceptors (Lipinski definition) is 2. The van der Waals surface area contributed by atoms with Gasteiger partial charge in [0.2, 0.25) is 0 Å². The molecule has 3 nitrogen and oxygen atoms in total. The molecule has 0 amide bonds. The van der Waals surface area contributed by atoms with E-state index in [1.807, 2.05) is 0 Å². The van der Waals surface area contributed by atoms with Crippen LogP contribution in [0.4, 0.5) is 17.6 Å². The van der Waals surface area contributed by atoms with Crippen LogP contribution in [0.1, 0.15) is 38.3 Å². The first-order chi connectivity index (χ1) is 12.8. The van der Waals surface area contributed by atoms with Gasteiger partial charge in [-0.25, -0.2) is 8.60 Å². The van der Waals surface area contributed by atoms with E-state index in [2.05, 4.69) is 4.40 Å². The first-order valence-electron chi connectivity index (χ1n) is 8.45. The van der Waals surface area contributed by atoms with Crippen molar-refractivity contribution in [2.45, 2.75) is 43.7 Å². The molecule has 152 valence electrons. The highest BCUT2D eigenvalue weighted by molar-refractivity contribution is 7.85. The van der Waals surface area contributed by atoms with Gasteiger partial charge in [0.25, 0.3) is 0 Å². The molecule has 1 unspecified atom stereocenters. The Balaban J connectivity index is 2.60. The molecule has 2 atom stereocenters. The van der Waals surface area contributed by atoms with E-state index in [4.69, 9.17) is 0 Å². The van der Waals surface area contributed by atoms with Crippen LogP contribution in [0.3, 0.4) is 0 Å². The maximum absolute atomic E-state index is 13.9. The molecule has 1 N–H and O–H groups in total. The minimum absolute atomic E-state index is 0.151.